The molecule has 1 aliphatic carbocycles. The zero-order valence-corrected chi connectivity index (χ0v) is 29.8. The first kappa shape index (κ1) is 35.9. The number of nitrogens with zero attached hydrogens (tertiary/aromatic N) is 6. The van der Waals surface area contributed by atoms with Gasteiger partial charge >= 0.3 is 11.9 Å². The second-order valence-electron chi connectivity index (χ2n) is 14.4. The highest BCUT2D eigenvalue weighted by molar-refractivity contribution is 6.34. The predicted molar refractivity (Wildman–Crippen MR) is 191 cm³/mol. The van der Waals surface area contributed by atoms with Crippen LogP contribution in [0.25, 0.3) is 21.9 Å². The van der Waals surface area contributed by atoms with Gasteiger partial charge in [0.1, 0.15) is 23.2 Å². The normalized spacial score (nSPS) is 21.4. The molecule has 1 atom stereocenters. The molecule has 2 aliphatic heterocycles. The van der Waals surface area contributed by atoms with Gasteiger partial charge in [-0.15, -0.1) is 0 Å². The van der Waals surface area contributed by atoms with Crippen molar-refractivity contribution in [2.45, 2.75) is 62.7 Å². The Bertz CT molecular complexity index is 2390. The second kappa shape index (κ2) is 13.6. The number of alkyl halides is 3. The lowest BCUT2D eigenvalue weighted by molar-refractivity contribution is -0.141. The molecule has 8 rings (SSSR count). The molecule has 1 saturated carbocycles. The minimum Gasteiger partial charge on any atom is -0.319 e. The molecule has 282 valence electrons. The maximum absolute atomic E-state index is 15.5. The van der Waals surface area contributed by atoms with Crippen molar-refractivity contribution in [3.8, 4) is 0 Å². The van der Waals surface area contributed by atoms with Crippen molar-refractivity contribution < 1.29 is 31.9 Å². The molecule has 3 amide bonds. The number of anilines is 1. The van der Waals surface area contributed by atoms with Crippen LogP contribution >= 0.6 is 11.6 Å². The number of carbonyl (C=O) groups is 3. The highest BCUT2D eigenvalue weighted by Crippen LogP contribution is 2.41. The number of aryl methyl sites for hydroxylation is 1. The molecule has 17 heteroatoms. The Morgan fingerprint density at radius 3 is 2.54 bits per heavy atom. The number of fused-ring (bicyclic) bond motifs is 2. The molecular formula is C37H35ClF4N8O4. The first-order valence-corrected chi connectivity index (χ1v) is 18.1. The number of halogens is 5. The number of rotatable bonds is 7. The van der Waals surface area contributed by atoms with Gasteiger partial charge in [-0.3, -0.25) is 33.5 Å². The summed E-state index contributed by atoms with van der Waals surface area (Å²) in [7, 11) is 1.59. The van der Waals surface area contributed by atoms with Gasteiger partial charge in [0, 0.05) is 37.2 Å². The quantitative estimate of drug-likeness (QED) is 0.154. The zero-order chi connectivity index (χ0) is 38.1. The van der Waals surface area contributed by atoms with E-state index in [9.17, 15) is 32.3 Å². The van der Waals surface area contributed by atoms with Gasteiger partial charge in [-0.05, 0) is 93.4 Å². The number of likely N-dealkylation sites (tertiary alicyclic amines) is 1. The van der Waals surface area contributed by atoms with E-state index in [2.05, 4.69) is 20.5 Å². The number of hydrogen-bond donors (Lipinski definition) is 2. The van der Waals surface area contributed by atoms with Gasteiger partial charge < -0.3 is 10.2 Å². The van der Waals surface area contributed by atoms with E-state index < -0.39 is 35.4 Å². The Balaban J connectivity index is 0.890. The van der Waals surface area contributed by atoms with Crippen LogP contribution in [0, 0.1) is 11.7 Å². The molecule has 3 fully saturated rings. The van der Waals surface area contributed by atoms with E-state index in [1.165, 1.54) is 27.3 Å². The summed E-state index contributed by atoms with van der Waals surface area (Å²) >= 11 is 6.42. The van der Waals surface area contributed by atoms with Crippen LogP contribution in [0.1, 0.15) is 78.3 Å². The van der Waals surface area contributed by atoms with Gasteiger partial charge in [0.25, 0.3) is 5.91 Å². The minimum absolute atomic E-state index is 0.110. The number of carbonyl (C=O) groups excluding carboxylic acids is 3. The maximum atomic E-state index is 15.5. The molecule has 3 aliphatic rings. The third kappa shape index (κ3) is 6.54. The molecule has 0 radical (unpaired) electrons. The van der Waals surface area contributed by atoms with Crippen LogP contribution < -0.4 is 16.3 Å². The Labute approximate surface area is 310 Å². The average molecular weight is 767 g/mol. The number of nitrogens with one attached hydrogen (secondary N) is 2. The molecule has 0 bridgehead atoms. The van der Waals surface area contributed by atoms with Gasteiger partial charge in [0.2, 0.25) is 11.8 Å². The summed E-state index contributed by atoms with van der Waals surface area (Å²) < 4.78 is 59.5. The lowest BCUT2D eigenvalue weighted by atomic mass is 9.79. The number of hydrogen-bond acceptors (Lipinski definition) is 7. The highest BCUT2D eigenvalue weighted by atomic mass is 35.5. The van der Waals surface area contributed by atoms with Gasteiger partial charge in [-0.1, -0.05) is 17.7 Å². The van der Waals surface area contributed by atoms with Crippen molar-refractivity contribution in [3.63, 3.8) is 0 Å². The van der Waals surface area contributed by atoms with Crippen LogP contribution in [-0.2, 0) is 22.8 Å². The number of imide groups is 1. The molecule has 5 aromatic rings. The first-order valence-electron chi connectivity index (χ1n) is 17.7. The Morgan fingerprint density at radius 1 is 1.06 bits per heavy atom. The minimum atomic E-state index is -4.68. The maximum Gasteiger partial charge on any atom is 0.433 e. The summed E-state index contributed by atoms with van der Waals surface area (Å²) in [6.07, 6.45) is 0.721. The van der Waals surface area contributed by atoms with Gasteiger partial charge in [-0.2, -0.15) is 18.3 Å². The zero-order valence-electron chi connectivity index (χ0n) is 29.0. The summed E-state index contributed by atoms with van der Waals surface area (Å²) in [5.74, 6) is -1.79. The number of aromatic nitrogens is 5. The molecule has 2 saturated heterocycles. The molecule has 3 aromatic heterocycles. The number of piperidine rings is 2. The topological polar surface area (TPSA) is 136 Å². The predicted octanol–water partition coefficient (Wildman–Crippen LogP) is 5.96. The van der Waals surface area contributed by atoms with Gasteiger partial charge in [-0.25, -0.2) is 14.2 Å². The Hall–Kier alpha value is -5.09. The fraction of sp³-hybridized carbons (Fsp3) is 0.405. The SMILES string of the molecule is Cn1c(=O)n(C2CCC(=O)NC2=O)c2ccc(F)c(C3CCN(C[C@H]4C[C@H](n5cc6cc(NC(=O)c7cccc(C(F)(F)F)n7)c(Cl)cc6n5)C4)CC3)c21. The highest BCUT2D eigenvalue weighted by Gasteiger charge is 2.37. The van der Waals surface area contributed by atoms with Crippen molar-refractivity contribution in [1.29, 1.82) is 0 Å². The fourth-order valence-corrected chi connectivity index (χ4v) is 8.39. The Morgan fingerprint density at radius 2 is 1.81 bits per heavy atom. The lowest BCUT2D eigenvalue weighted by Gasteiger charge is -2.41. The third-order valence-electron chi connectivity index (χ3n) is 11.0. The van der Waals surface area contributed by atoms with Crippen molar-refractivity contribution >= 4 is 56.9 Å². The molecule has 12 nitrogen and oxygen atoms in total. The van der Waals surface area contributed by atoms with Crippen LogP contribution in [0.3, 0.4) is 0 Å². The molecule has 2 aromatic carbocycles. The standard InChI is InChI=1S/C37H35ClF4N8O4/c1-47-33-28(50(36(47)54)29-7-8-31(51)45-35(29)53)6-5-24(39)32(33)20-9-11-48(12-10-20)17-19-13-22(14-19)49-18-21-15-27(23(38)16-26(21)46-49)44-34(52)25-3-2-4-30(43-25)37(40,41)42/h2-6,15-16,18-20,22,29H,7-14,17H2,1H3,(H,44,52)(H,45,51,53)/t19-,22-,29?. The molecule has 0 spiro atoms. The van der Waals surface area contributed by atoms with Crippen molar-refractivity contribution in [3.05, 3.63) is 86.9 Å². The van der Waals surface area contributed by atoms with Crippen molar-refractivity contribution in [2.24, 2.45) is 13.0 Å². The fourth-order valence-electron chi connectivity index (χ4n) is 8.19. The Kier molecular flexibility index (Phi) is 9.07. The molecule has 54 heavy (non-hydrogen) atoms. The number of pyridine rings is 1. The monoisotopic (exact) mass is 766 g/mol. The first-order chi connectivity index (χ1) is 25.7. The van der Waals surface area contributed by atoms with E-state index in [-0.39, 0.29) is 52.9 Å². The lowest BCUT2D eigenvalue weighted by Crippen LogP contribution is -2.44. The smallest absolute Gasteiger partial charge is 0.319 e. The molecule has 5 heterocycles. The van der Waals surface area contributed by atoms with Crippen LogP contribution in [0.4, 0.5) is 23.2 Å². The third-order valence-corrected chi connectivity index (χ3v) is 11.3. The van der Waals surface area contributed by atoms with Gasteiger partial charge in [0.15, 0.2) is 0 Å². The van der Waals surface area contributed by atoms with E-state index in [0.29, 0.717) is 46.3 Å². The van der Waals surface area contributed by atoms with Crippen LogP contribution in [0.5, 0.6) is 0 Å². The summed E-state index contributed by atoms with van der Waals surface area (Å²) in [4.78, 5) is 56.3. The van der Waals surface area contributed by atoms with Crippen LogP contribution in [-0.4, -0.2) is 66.2 Å². The summed E-state index contributed by atoms with van der Waals surface area (Å²) in [5.41, 5.74) is 0.330. The second-order valence-corrected chi connectivity index (χ2v) is 14.8. The van der Waals surface area contributed by atoms with Crippen LogP contribution in [0.15, 0.2) is 53.5 Å². The van der Waals surface area contributed by atoms with Crippen molar-refractivity contribution in [1.82, 2.24) is 34.1 Å². The number of benzene rings is 2. The molecule has 2 N–H and O–H groups in total. The van der Waals surface area contributed by atoms with Gasteiger partial charge in [0.05, 0.1) is 33.3 Å². The van der Waals surface area contributed by atoms with E-state index in [0.717, 1.165) is 44.6 Å². The van der Waals surface area contributed by atoms with E-state index in [1.807, 2.05) is 10.9 Å². The number of imidazole rings is 1. The summed E-state index contributed by atoms with van der Waals surface area (Å²) in [6, 6.07) is 8.57. The number of amides is 3. The van der Waals surface area contributed by atoms with Crippen LogP contribution in [0.2, 0.25) is 5.02 Å². The summed E-state index contributed by atoms with van der Waals surface area (Å²) in [6.45, 7) is 2.41. The summed E-state index contributed by atoms with van der Waals surface area (Å²) in [5, 5.41) is 10.5. The molecular weight excluding hydrogens is 732 g/mol. The van der Waals surface area contributed by atoms with E-state index in [4.69, 9.17) is 16.7 Å². The van der Waals surface area contributed by atoms with E-state index in [1.54, 1.807) is 19.2 Å². The van der Waals surface area contributed by atoms with E-state index >= 15 is 4.39 Å². The average Bonchev–Trinajstić information content (AvgIpc) is 3.63. The molecule has 1 unspecified atom stereocenters. The largest absolute Gasteiger partial charge is 0.433 e. The van der Waals surface area contributed by atoms with Crippen molar-refractivity contribution in [2.75, 3.05) is 25.0 Å².